The van der Waals surface area contributed by atoms with Crippen molar-refractivity contribution in [2.24, 2.45) is 0 Å². The molecular formula is C87H121Br. The Morgan fingerprint density at radius 1 is 0.216 bits per heavy atom. The Kier molecular flexibility index (Phi) is 27.1. The van der Waals surface area contributed by atoms with Crippen molar-refractivity contribution in [3.8, 4) is 55.6 Å². The van der Waals surface area contributed by atoms with Crippen LogP contribution in [0.15, 0.2) is 120 Å². The van der Waals surface area contributed by atoms with E-state index in [9.17, 15) is 0 Å². The molecule has 0 saturated heterocycles. The number of unbranched alkanes of at least 4 members (excludes halogenated alkanes) is 30. The van der Waals surface area contributed by atoms with Gasteiger partial charge in [0.25, 0.3) is 0 Å². The molecule has 0 nitrogen and oxygen atoms in total. The van der Waals surface area contributed by atoms with Crippen LogP contribution < -0.4 is 0 Å². The van der Waals surface area contributed by atoms with Crippen molar-refractivity contribution < 1.29 is 0 Å². The fourth-order valence-electron chi connectivity index (χ4n) is 17.4. The molecule has 0 fully saturated rings. The molecule has 6 aromatic carbocycles. The summed E-state index contributed by atoms with van der Waals surface area (Å²) in [6.07, 6.45) is 55.7. The fourth-order valence-corrected chi connectivity index (χ4v) is 17.7. The monoisotopic (exact) mass is 1240 g/mol. The molecule has 88 heavy (non-hydrogen) atoms. The van der Waals surface area contributed by atoms with Gasteiger partial charge in [0, 0.05) is 20.7 Å². The summed E-state index contributed by atoms with van der Waals surface area (Å²) in [5.41, 5.74) is 24.4. The molecule has 6 aromatic rings. The summed E-state index contributed by atoms with van der Waals surface area (Å²) in [6.45, 7) is 14.1. The van der Waals surface area contributed by atoms with Crippen LogP contribution >= 0.6 is 15.9 Å². The van der Waals surface area contributed by atoms with E-state index < -0.39 is 0 Å². The lowest BCUT2D eigenvalue weighted by Gasteiger charge is -2.34. The molecule has 0 atom stereocenters. The number of hydrogen-bond acceptors (Lipinski definition) is 0. The molecule has 0 unspecified atom stereocenters. The Labute approximate surface area is 548 Å². The third-order valence-electron chi connectivity index (χ3n) is 22.4. The van der Waals surface area contributed by atoms with E-state index in [2.05, 4.69) is 173 Å². The summed E-state index contributed by atoms with van der Waals surface area (Å²) < 4.78 is 1.23. The number of benzene rings is 6. The SMILES string of the molecule is CCCCCCCCC1(CCCCCCCC)c2ccccc2-c2ccc(-c3ccc4c(c3)C(CCCCCCCC)(CCCCCCCC)c3cc(-c5ccc6c(c5)C(CCCCCCCC)(CCCCCCCC)c5cc(Br)ccc5-6)ccc3-4)cc21. The molecule has 9 rings (SSSR count). The van der Waals surface area contributed by atoms with E-state index in [1.807, 2.05) is 0 Å². The van der Waals surface area contributed by atoms with Gasteiger partial charge in [-0.2, -0.15) is 0 Å². The fraction of sp³-hybridized carbons (Fsp3) is 0.586. The standard InChI is InChI=1S/C87H121Br/c1-7-13-19-25-31-39-57-85(58-40-32-26-20-14-8-2)79-46-38-37-45-73(79)74-52-47-68(63-80(74)85)69-48-53-75-76-54-49-70(65-82(76)86(81(75)64-69,59-41-33-27-21-15-9-3)60-42-34-28-22-16-10-4)71-50-55-77-78-56-51-72(88)67-84(78)87(83(77)66-71,61-43-35-29-23-17-11-5)62-44-36-30-24-18-12-6/h37-38,45-56,63-67H,7-36,39-44,57-62H2,1-6H3. The Morgan fingerprint density at radius 3 is 0.716 bits per heavy atom. The van der Waals surface area contributed by atoms with Crippen molar-refractivity contribution in [3.63, 3.8) is 0 Å². The third kappa shape index (κ3) is 16.2. The quantitative estimate of drug-likeness (QED) is 0.0335. The van der Waals surface area contributed by atoms with Gasteiger partial charge >= 0.3 is 0 Å². The lowest BCUT2D eigenvalue weighted by atomic mass is 9.69. The van der Waals surface area contributed by atoms with Crippen LogP contribution in [0.2, 0.25) is 0 Å². The Balaban J connectivity index is 1.13. The van der Waals surface area contributed by atoms with Crippen LogP contribution in [0.1, 0.15) is 345 Å². The van der Waals surface area contributed by atoms with E-state index in [-0.39, 0.29) is 16.2 Å². The van der Waals surface area contributed by atoms with Gasteiger partial charge in [-0.05, 0) is 164 Å². The van der Waals surface area contributed by atoms with Gasteiger partial charge in [-0.1, -0.05) is 367 Å². The van der Waals surface area contributed by atoms with Gasteiger partial charge in [0.2, 0.25) is 0 Å². The number of fused-ring (bicyclic) bond motifs is 9. The minimum absolute atomic E-state index is 0.0307. The van der Waals surface area contributed by atoms with Gasteiger partial charge in [-0.15, -0.1) is 0 Å². The van der Waals surface area contributed by atoms with Crippen LogP contribution in [-0.4, -0.2) is 0 Å². The molecular weight excluding hydrogens is 1120 g/mol. The number of rotatable bonds is 44. The predicted octanol–water partition coefficient (Wildman–Crippen LogP) is 29.1. The molecule has 0 radical (unpaired) electrons. The molecule has 3 aliphatic carbocycles. The third-order valence-corrected chi connectivity index (χ3v) is 22.9. The highest BCUT2D eigenvalue weighted by molar-refractivity contribution is 9.10. The first-order chi connectivity index (χ1) is 43.3. The molecule has 0 aliphatic heterocycles. The molecule has 0 amide bonds. The average Bonchev–Trinajstić information content (AvgIpc) is 1.61. The van der Waals surface area contributed by atoms with Crippen molar-refractivity contribution in [1.82, 2.24) is 0 Å². The van der Waals surface area contributed by atoms with Crippen LogP contribution in [0, 0.1) is 0 Å². The molecule has 0 N–H and O–H groups in total. The van der Waals surface area contributed by atoms with E-state index in [0.29, 0.717) is 0 Å². The average molecular weight is 1250 g/mol. The smallest absolute Gasteiger partial charge is 0.0215 e. The van der Waals surface area contributed by atoms with Crippen LogP contribution in [0.4, 0.5) is 0 Å². The van der Waals surface area contributed by atoms with Gasteiger partial charge in [-0.3, -0.25) is 0 Å². The summed E-state index contributed by atoms with van der Waals surface area (Å²) in [7, 11) is 0. The second-order valence-electron chi connectivity index (χ2n) is 28.6. The van der Waals surface area contributed by atoms with Gasteiger partial charge in [-0.25, -0.2) is 0 Å². The molecule has 3 aliphatic rings. The Hall–Kier alpha value is -4.20. The first kappa shape index (κ1) is 68.2. The Morgan fingerprint density at radius 2 is 0.432 bits per heavy atom. The zero-order chi connectivity index (χ0) is 61.4. The summed E-state index contributed by atoms with van der Waals surface area (Å²) in [6, 6.07) is 48.4. The minimum Gasteiger partial charge on any atom is -0.0654 e. The van der Waals surface area contributed by atoms with E-state index in [4.69, 9.17) is 0 Å². The van der Waals surface area contributed by atoms with Crippen molar-refractivity contribution in [2.45, 2.75) is 327 Å². The lowest BCUT2D eigenvalue weighted by Crippen LogP contribution is -2.26. The molecule has 0 saturated carbocycles. The van der Waals surface area contributed by atoms with Gasteiger partial charge in [0.1, 0.15) is 0 Å². The zero-order valence-electron chi connectivity index (χ0n) is 57.0. The molecule has 1 heteroatoms. The maximum absolute atomic E-state index is 4.02. The van der Waals surface area contributed by atoms with E-state index in [0.717, 1.165) is 0 Å². The molecule has 0 aromatic heterocycles. The normalized spacial score (nSPS) is 14.4. The zero-order valence-corrected chi connectivity index (χ0v) is 58.6. The highest BCUT2D eigenvalue weighted by Gasteiger charge is 2.46. The van der Waals surface area contributed by atoms with Crippen LogP contribution in [-0.2, 0) is 16.2 Å². The van der Waals surface area contributed by atoms with Crippen molar-refractivity contribution in [2.75, 3.05) is 0 Å². The van der Waals surface area contributed by atoms with E-state index >= 15 is 0 Å². The summed E-state index contributed by atoms with van der Waals surface area (Å²) >= 11 is 4.02. The maximum Gasteiger partial charge on any atom is 0.0215 e. The van der Waals surface area contributed by atoms with E-state index in [1.165, 1.54) is 330 Å². The highest BCUT2D eigenvalue weighted by atomic mass is 79.9. The van der Waals surface area contributed by atoms with Gasteiger partial charge in [0.05, 0.1) is 0 Å². The van der Waals surface area contributed by atoms with Crippen LogP contribution in [0.5, 0.6) is 0 Å². The summed E-state index contributed by atoms with van der Waals surface area (Å²) in [4.78, 5) is 0. The van der Waals surface area contributed by atoms with Crippen LogP contribution in [0.3, 0.4) is 0 Å². The second kappa shape index (κ2) is 35.0. The molecule has 0 spiro atoms. The molecule has 0 bridgehead atoms. The maximum atomic E-state index is 4.02. The highest BCUT2D eigenvalue weighted by Crippen LogP contribution is 2.60. The predicted molar refractivity (Wildman–Crippen MR) is 392 cm³/mol. The largest absolute Gasteiger partial charge is 0.0654 e. The van der Waals surface area contributed by atoms with Crippen LogP contribution in [0.25, 0.3) is 55.6 Å². The minimum atomic E-state index is -0.0307. The molecule has 476 valence electrons. The number of halogens is 1. The van der Waals surface area contributed by atoms with E-state index in [1.54, 1.807) is 33.4 Å². The van der Waals surface area contributed by atoms with Crippen molar-refractivity contribution >= 4 is 15.9 Å². The first-order valence-electron chi connectivity index (χ1n) is 37.8. The van der Waals surface area contributed by atoms with Gasteiger partial charge < -0.3 is 0 Å². The van der Waals surface area contributed by atoms with Gasteiger partial charge in [0.15, 0.2) is 0 Å². The second-order valence-corrected chi connectivity index (χ2v) is 29.5. The van der Waals surface area contributed by atoms with Crippen molar-refractivity contribution in [3.05, 3.63) is 153 Å². The summed E-state index contributed by atoms with van der Waals surface area (Å²) in [5, 5.41) is 0. The van der Waals surface area contributed by atoms with Crippen molar-refractivity contribution in [1.29, 1.82) is 0 Å². The first-order valence-corrected chi connectivity index (χ1v) is 38.6. The summed E-state index contributed by atoms with van der Waals surface area (Å²) in [5.74, 6) is 0. The lowest BCUT2D eigenvalue weighted by molar-refractivity contribution is 0.397. The molecule has 0 heterocycles. The number of hydrogen-bond donors (Lipinski definition) is 0. The Bertz CT molecular complexity index is 3010. The topological polar surface area (TPSA) is 0 Å².